The minimum absolute atomic E-state index is 0.00171. The molecule has 3 amide bonds. The Labute approximate surface area is 202 Å². The van der Waals surface area contributed by atoms with Crippen LogP contribution in [0.1, 0.15) is 32.3 Å². The summed E-state index contributed by atoms with van der Waals surface area (Å²) in [4.78, 5) is 44.8. The summed E-state index contributed by atoms with van der Waals surface area (Å²) >= 11 is 6.05. The standard InChI is InChI=1S/C25H24ClFN4O3/c1-14(2)10-16(22(32)29-20-9-8-15(27)11-18(20)26)23(33)31-13-25(12-21(31)28-3)17-6-4-5-7-19(17)30-24(25)34/h4-9,11,14,16,21H,10,12-13H2,1-2H3,(H,29,32)(H,30,34)/t16?,21-,25-/m0/s1. The molecule has 2 N–H and O–H groups in total. The molecule has 0 aliphatic carbocycles. The number of fused-ring (bicyclic) bond motifs is 2. The first kappa shape index (κ1) is 23.7. The van der Waals surface area contributed by atoms with Crippen LogP contribution in [0.25, 0.3) is 4.85 Å². The molecule has 9 heteroatoms. The van der Waals surface area contributed by atoms with E-state index in [0.717, 1.165) is 17.7 Å². The second-order valence-electron chi connectivity index (χ2n) is 9.16. The number of hydrogen-bond donors (Lipinski definition) is 2. The average molecular weight is 483 g/mol. The van der Waals surface area contributed by atoms with Gasteiger partial charge in [-0.1, -0.05) is 43.6 Å². The van der Waals surface area contributed by atoms with Gasteiger partial charge in [0, 0.05) is 12.2 Å². The summed E-state index contributed by atoms with van der Waals surface area (Å²) in [7, 11) is 0. The highest BCUT2D eigenvalue weighted by atomic mass is 35.5. The SMILES string of the molecule is [C-]#[N+][C@@H]1C[C@@]2(CN1C(=O)C(CC(C)C)C(=O)Nc1ccc(F)cc1Cl)C(=O)Nc1ccccc12. The number of halogens is 2. The number of nitrogens with one attached hydrogen (secondary N) is 2. The number of amides is 3. The molecule has 1 unspecified atom stereocenters. The topological polar surface area (TPSA) is 82.9 Å². The normalized spacial score (nSPS) is 21.8. The molecule has 2 aromatic rings. The number of benzene rings is 2. The number of carbonyl (C=O) groups is 3. The van der Waals surface area contributed by atoms with Gasteiger partial charge in [-0.15, -0.1) is 0 Å². The van der Waals surface area contributed by atoms with Crippen molar-refractivity contribution >= 4 is 40.7 Å². The van der Waals surface area contributed by atoms with Crippen LogP contribution in [0.4, 0.5) is 15.8 Å². The van der Waals surface area contributed by atoms with E-state index in [-0.39, 0.29) is 41.9 Å². The third-order valence-electron chi connectivity index (χ3n) is 6.40. The number of para-hydroxylation sites is 1. The first-order chi connectivity index (χ1) is 16.2. The highest BCUT2D eigenvalue weighted by Crippen LogP contribution is 2.47. The zero-order chi connectivity index (χ0) is 24.6. The summed E-state index contributed by atoms with van der Waals surface area (Å²) in [5, 5.41) is 5.50. The number of carbonyl (C=O) groups excluding carboxylic acids is 3. The number of anilines is 2. The summed E-state index contributed by atoms with van der Waals surface area (Å²) in [6.45, 7) is 11.5. The molecule has 1 fully saturated rings. The quantitative estimate of drug-likeness (QED) is 0.488. The minimum atomic E-state index is -1.10. The number of hydrogen-bond acceptors (Lipinski definition) is 3. The van der Waals surface area contributed by atoms with E-state index in [1.165, 1.54) is 11.0 Å². The van der Waals surface area contributed by atoms with Crippen LogP contribution in [-0.2, 0) is 19.8 Å². The van der Waals surface area contributed by atoms with Gasteiger partial charge in [-0.3, -0.25) is 24.1 Å². The zero-order valence-corrected chi connectivity index (χ0v) is 19.5. The van der Waals surface area contributed by atoms with E-state index in [0.29, 0.717) is 5.69 Å². The molecule has 2 heterocycles. The van der Waals surface area contributed by atoms with Crippen molar-refractivity contribution < 1.29 is 18.8 Å². The lowest BCUT2D eigenvalue weighted by molar-refractivity contribution is -0.141. The predicted octanol–water partition coefficient (Wildman–Crippen LogP) is 4.45. The van der Waals surface area contributed by atoms with E-state index in [1.807, 2.05) is 32.0 Å². The maximum absolute atomic E-state index is 13.7. The number of likely N-dealkylation sites (tertiary alicyclic amines) is 1. The lowest BCUT2D eigenvalue weighted by atomic mass is 9.80. The Morgan fingerprint density at radius 1 is 1.32 bits per heavy atom. The van der Waals surface area contributed by atoms with Gasteiger partial charge in [0.15, 0.2) is 0 Å². The molecule has 1 saturated heterocycles. The van der Waals surface area contributed by atoms with Crippen LogP contribution in [0.5, 0.6) is 0 Å². The molecule has 2 aliphatic rings. The maximum atomic E-state index is 13.7. The van der Waals surface area contributed by atoms with Crippen LogP contribution < -0.4 is 10.6 Å². The highest BCUT2D eigenvalue weighted by molar-refractivity contribution is 6.33. The molecule has 176 valence electrons. The van der Waals surface area contributed by atoms with Gasteiger partial charge in [0.1, 0.15) is 17.2 Å². The number of rotatable bonds is 5. The molecular formula is C25H24ClFN4O3. The minimum Gasteiger partial charge on any atom is -0.325 e. The molecule has 1 spiro atoms. The Bertz CT molecular complexity index is 1210. The van der Waals surface area contributed by atoms with Gasteiger partial charge in [-0.25, -0.2) is 11.0 Å². The van der Waals surface area contributed by atoms with Crippen molar-refractivity contribution in [2.75, 3.05) is 17.2 Å². The molecule has 3 atom stereocenters. The Kier molecular flexibility index (Phi) is 6.32. The fourth-order valence-corrected chi connectivity index (χ4v) is 4.97. The van der Waals surface area contributed by atoms with E-state index in [9.17, 15) is 18.8 Å². The molecule has 0 aromatic heterocycles. The van der Waals surface area contributed by atoms with Crippen molar-refractivity contribution in [1.29, 1.82) is 0 Å². The van der Waals surface area contributed by atoms with E-state index in [4.69, 9.17) is 18.2 Å². The van der Waals surface area contributed by atoms with Crippen LogP contribution in [0.2, 0.25) is 5.02 Å². The lowest BCUT2D eigenvalue weighted by Gasteiger charge is -2.25. The first-order valence-electron chi connectivity index (χ1n) is 11.0. The molecular weight excluding hydrogens is 459 g/mol. The Morgan fingerprint density at radius 3 is 2.74 bits per heavy atom. The van der Waals surface area contributed by atoms with Gasteiger partial charge in [0.05, 0.1) is 17.1 Å². The fourth-order valence-electron chi connectivity index (χ4n) is 4.76. The van der Waals surface area contributed by atoms with Gasteiger partial charge in [0.25, 0.3) is 0 Å². The monoisotopic (exact) mass is 482 g/mol. The first-order valence-corrected chi connectivity index (χ1v) is 11.4. The van der Waals surface area contributed by atoms with Crippen molar-refractivity contribution in [1.82, 2.24) is 4.90 Å². The summed E-state index contributed by atoms with van der Waals surface area (Å²) in [5.74, 6) is -2.99. The molecule has 4 rings (SSSR count). The third-order valence-corrected chi connectivity index (χ3v) is 6.71. The second kappa shape index (κ2) is 9.07. The van der Waals surface area contributed by atoms with Gasteiger partial charge in [0.2, 0.25) is 17.7 Å². The largest absolute Gasteiger partial charge is 0.325 e. The van der Waals surface area contributed by atoms with Crippen molar-refractivity contribution in [2.24, 2.45) is 11.8 Å². The Morgan fingerprint density at radius 2 is 2.06 bits per heavy atom. The average Bonchev–Trinajstić information content (AvgIpc) is 3.32. The van der Waals surface area contributed by atoms with Crippen LogP contribution in [-0.4, -0.2) is 35.3 Å². The number of nitrogens with zero attached hydrogens (tertiary/aromatic N) is 2. The summed E-state index contributed by atoms with van der Waals surface area (Å²) < 4.78 is 13.4. The lowest BCUT2D eigenvalue weighted by Crippen LogP contribution is -2.45. The zero-order valence-electron chi connectivity index (χ0n) is 18.8. The van der Waals surface area contributed by atoms with Crippen molar-refractivity contribution in [3.05, 3.63) is 70.3 Å². The van der Waals surface area contributed by atoms with Crippen molar-refractivity contribution in [2.45, 2.75) is 38.3 Å². The van der Waals surface area contributed by atoms with Gasteiger partial charge >= 0.3 is 6.17 Å². The van der Waals surface area contributed by atoms with Crippen LogP contribution in [0.15, 0.2) is 42.5 Å². The maximum Gasteiger partial charge on any atom is 0.302 e. The van der Waals surface area contributed by atoms with E-state index in [2.05, 4.69) is 15.5 Å². The van der Waals surface area contributed by atoms with Crippen LogP contribution in [0.3, 0.4) is 0 Å². The van der Waals surface area contributed by atoms with E-state index >= 15 is 0 Å². The Hall–Kier alpha value is -3.44. The van der Waals surface area contributed by atoms with Gasteiger partial charge < -0.3 is 10.6 Å². The molecule has 2 aliphatic heterocycles. The molecule has 7 nitrogen and oxygen atoms in total. The third kappa shape index (κ3) is 4.12. The van der Waals surface area contributed by atoms with Crippen LogP contribution >= 0.6 is 11.6 Å². The summed E-state index contributed by atoms with van der Waals surface area (Å²) in [6, 6.07) is 10.8. The fraction of sp³-hybridized carbons (Fsp3) is 0.360. The Balaban J connectivity index is 1.63. The van der Waals surface area contributed by atoms with Crippen molar-refractivity contribution in [3.63, 3.8) is 0 Å². The molecule has 2 aromatic carbocycles. The summed E-state index contributed by atoms with van der Waals surface area (Å²) in [5.41, 5.74) is 0.596. The molecule has 0 bridgehead atoms. The predicted molar refractivity (Wildman–Crippen MR) is 126 cm³/mol. The van der Waals surface area contributed by atoms with E-state index < -0.39 is 35.1 Å². The molecule has 0 radical (unpaired) electrons. The van der Waals surface area contributed by atoms with Crippen LogP contribution in [0, 0.1) is 24.2 Å². The second-order valence-corrected chi connectivity index (χ2v) is 9.56. The smallest absolute Gasteiger partial charge is 0.302 e. The molecule has 0 saturated carbocycles. The van der Waals surface area contributed by atoms with E-state index in [1.54, 1.807) is 6.07 Å². The summed E-state index contributed by atoms with van der Waals surface area (Å²) in [6.07, 6.45) is -0.480. The molecule has 34 heavy (non-hydrogen) atoms. The highest BCUT2D eigenvalue weighted by Gasteiger charge is 2.59. The van der Waals surface area contributed by atoms with Gasteiger partial charge in [-0.2, -0.15) is 0 Å². The van der Waals surface area contributed by atoms with Crippen molar-refractivity contribution in [3.8, 4) is 0 Å². The van der Waals surface area contributed by atoms with Gasteiger partial charge in [-0.05, 0) is 42.2 Å².